The van der Waals surface area contributed by atoms with Crippen LogP contribution >= 0.6 is 0 Å². The Balaban J connectivity index is 2.17. The molecule has 0 saturated carbocycles. The molecule has 27 heavy (non-hydrogen) atoms. The second kappa shape index (κ2) is 8.57. The fraction of sp³-hybridized carbons (Fsp3) is 0.381. The molecule has 0 aliphatic rings. The number of hydrogen-bond acceptors (Lipinski definition) is 3. The minimum Gasteiger partial charge on any atom is -0.348 e. The number of nitrogens with zero attached hydrogens (tertiary/aromatic N) is 1. The molecule has 0 aliphatic heterocycles. The SMILES string of the molecule is CCc1ccc(C(C)NC(=O)CN(c2cccc(C)c2C)S(C)(=O)=O)cc1. The first-order valence-corrected chi connectivity index (χ1v) is 10.9. The van der Waals surface area contributed by atoms with Gasteiger partial charge < -0.3 is 5.32 Å². The highest BCUT2D eigenvalue weighted by Gasteiger charge is 2.23. The second-order valence-electron chi connectivity index (χ2n) is 6.87. The summed E-state index contributed by atoms with van der Waals surface area (Å²) in [7, 11) is -3.59. The van der Waals surface area contributed by atoms with Crippen molar-refractivity contribution in [2.45, 2.75) is 40.2 Å². The Morgan fingerprint density at radius 2 is 1.74 bits per heavy atom. The van der Waals surface area contributed by atoms with Gasteiger partial charge in [-0.05, 0) is 55.5 Å². The van der Waals surface area contributed by atoms with Gasteiger partial charge in [0.2, 0.25) is 15.9 Å². The first kappa shape index (κ1) is 21.0. The summed E-state index contributed by atoms with van der Waals surface area (Å²) in [4.78, 5) is 12.6. The number of hydrogen-bond donors (Lipinski definition) is 1. The molecule has 0 aromatic heterocycles. The highest BCUT2D eigenvalue weighted by atomic mass is 32.2. The van der Waals surface area contributed by atoms with Gasteiger partial charge in [-0.3, -0.25) is 9.10 Å². The molecule has 2 aromatic rings. The van der Waals surface area contributed by atoms with Crippen LogP contribution < -0.4 is 9.62 Å². The van der Waals surface area contributed by atoms with E-state index in [0.29, 0.717) is 5.69 Å². The van der Waals surface area contributed by atoms with Crippen LogP contribution in [0, 0.1) is 13.8 Å². The zero-order chi connectivity index (χ0) is 20.2. The van der Waals surface area contributed by atoms with Gasteiger partial charge in [0.15, 0.2) is 0 Å². The number of anilines is 1. The minimum atomic E-state index is -3.59. The summed E-state index contributed by atoms with van der Waals surface area (Å²) in [6, 6.07) is 13.3. The Labute approximate surface area is 162 Å². The number of aryl methyl sites for hydroxylation is 2. The van der Waals surface area contributed by atoms with Crippen molar-refractivity contribution in [1.82, 2.24) is 5.32 Å². The molecule has 5 nitrogen and oxygen atoms in total. The molecule has 0 heterocycles. The third-order valence-electron chi connectivity index (χ3n) is 4.80. The topological polar surface area (TPSA) is 66.5 Å². The van der Waals surface area contributed by atoms with Crippen molar-refractivity contribution in [3.05, 3.63) is 64.7 Å². The molecule has 2 aromatic carbocycles. The Morgan fingerprint density at radius 1 is 1.11 bits per heavy atom. The van der Waals surface area contributed by atoms with E-state index in [1.54, 1.807) is 12.1 Å². The predicted octanol–water partition coefficient (Wildman–Crippen LogP) is 3.51. The van der Waals surface area contributed by atoms with Crippen molar-refractivity contribution in [3.8, 4) is 0 Å². The van der Waals surface area contributed by atoms with Gasteiger partial charge in [-0.25, -0.2) is 8.42 Å². The van der Waals surface area contributed by atoms with Gasteiger partial charge in [0.1, 0.15) is 6.54 Å². The molecule has 1 amide bonds. The van der Waals surface area contributed by atoms with E-state index in [4.69, 9.17) is 0 Å². The Hall–Kier alpha value is -2.34. The molecule has 0 radical (unpaired) electrons. The molecule has 1 atom stereocenters. The van der Waals surface area contributed by atoms with Crippen LogP contribution in [0.15, 0.2) is 42.5 Å². The molecule has 0 fully saturated rings. The molecule has 0 bridgehead atoms. The van der Waals surface area contributed by atoms with Gasteiger partial charge in [-0.15, -0.1) is 0 Å². The average molecular weight is 389 g/mol. The van der Waals surface area contributed by atoms with Gasteiger partial charge >= 0.3 is 0 Å². The number of rotatable bonds is 7. The maximum atomic E-state index is 12.6. The van der Waals surface area contributed by atoms with Crippen LogP contribution in [-0.2, 0) is 21.2 Å². The summed E-state index contributed by atoms with van der Waals surface area (Å²) < 4.78 is 25.8. The van der Waals surface area contributed by atoms with E-state index in [2.05, 4.69) is 12.2 Å². The van der Waals surface area contributed by atoms with Crippen LogP contribution in [0.1, 0.15) is 42.1 Å². The molecule has 0 saturated heterocycles. The summed E-state index contributed by atoms with van der Waals surface area (Å²) in [5.74, 6) is -0.339. The molecule has 0 aliphatic carbocycles. The fourth-order valence-corrected chi connectivity index (χ4v) is 3.84. The lowest BCUT2D eigenvalue weighted by molar-refractivity contribution is -0.120. The van der Waals surface area contributed by atoms with Crippen molar-refractivity contribution in [1.29, 1.82) is 0 Å². The maximum Gasteiger partial charge on any atom is 0.241 e. The standard InChI is InChI=1S/C21H28N2O3S/c1-6-18-10-12-19(13-11-18)17(4)22-21(24)14-23(27(5,25)26)20-9-7-8-15(2)16(20)3/h7-13,17H,6,14H2,1-5H3,(H,22,24). The third-order valence-corrected chi connectivity index (χ3v) is 5.92. The van der Waals surface area contributed by atoms with E-state index >= 15 is 0 Å². The fourth-order valence-electron chi connectivity index (χ4n) is 2.93. The number of nitrogens with one attached hydrogen (secondary N) is 1. The summed E-state index contributed by atoms with van der Waals surface area (Å²) in [5.41, 5.74) is 4.58. The van der Waals surface area contributed by atoms with Crippen LogP contribution in [0.2, 0.25) is 0 Å². The van der Waals surface area contributed by atoms with Gasteiger partial charge in [-0.1, -0.05) is 43.3 Å². The molecular weight excluding hydrogens is 360 g/mol. The van der Waals surface area contributed by atoms with Gasteiger partial charge in [0, 0.05) is 0 Å². The lowest BCUT2D eigenvalue weighted by Crippen LogP contribution is -2.41. The molecular formula is C21H28N2O3S. The van der Waals surface area contributed by atoms with Crippen molar-refractivity contribution in [2.75, 3.05) is 17.1 Å². The third kappa shape index (κ3) is 5.32. The lowest BCUT2D eigenvalue weighted by atomic mass is 10.0. The molecule has 1 N–H and O–H groups in total. The second-order valence-corrected chi connectivity index (χ2v) is 8.78. The van der Waals surface area contributed by atoms with Crippen molar-refractivity contribution >= 4 is 21.6 Å². The largest absolute Gasteiger partial charge is 0.348 e. The van der Waals surface area contributed by atoms with Crippen molar-refractivity contribution < 1.29 is 13.2 Å². The normalized spacial score (nSPS) is 12.5. The average Bonchev–Trinajstić information content (AvgIpc) is 2.61. The first-order chi connectivity index (χ1) is 12.6. The Bertz CT molecular complexity index is 906. The van der Waals surface area contributed by atoms with E-state index in [0.717, 1.165) is 33.7 Å². The molecule has 6 heteroatoms. The number of benzene rings is 2. The van der Waals surface area contributed by atoms with Crippen molar-refractivity contribution in [2.24, 2.45) is 0 Å². The monoisotopic (exact) mass is 388 g/mol. The Morgan fingerprint density at radius 3 is 2.30 bits per heavy atom. The van der Waals surface area contributed by atoms with Gasteiger partial charge in [-0.2, -0.15) is 0 Å². The van der Waals surface area contributed by atoms with E-state index in [-0.39, 0.29) is 18.5 Å². The smallest absolute Gasteiger partial charge is 0.241 e. The minimum absolute atomic E-state index is 0.205. The maximum absolute atomic E-state index is 12.6. The zero-order valence-corrected chi connectivity index (χ0v) is 17.4. The highest BCUT2D eigenvalue weighted by molar-refractivity contribution is 7.92. The van der Waals surface area contributed by atoms with Crippen LogP contribution in [0.3, 0.4) is 0 Å². The van der Waals surface area contributed by atoms with E-state index in [1.807, 2.05) is 51.1 Å². The Kier molecular flexibility index (Phi) is 6.65. The number of amides is 1. The van der Waals surface area contributed by atoms with Crippen LogP contribution in [0.25, 0.3) is 0 Å². The number of carbonyl (C=O) groups excluding carboxylic acids is 1. The highest BCUT2D eigenvalue weighted by Crippen LogP contribution is 2.25. The van der Waals surface area contributed by atoms with Gasteiger partial charge in [0.25, 0.3) is 0 Å². The van der Waals surface area contributed by atoms with Gasteiger partial charge in [0.05, 0.1) is 18.0 Å². The molecule has 0 spiro atoms. The molecule has 1 unspecified atom stereocenters. The van der Waals surface area contributed by atoms with Crippen LogP contribution in [0.4, 0.5) is 5.69 Å². The summed E-state index contributed by atoms with van der Waals surface area (Å²) >= 11 is 0. The molecule has 2 rings (SSSR count). The molecule has 146 valence electrons. The van der Waals surface area contributed by atoms with E-state index < -0.39 is 10.0 Å². The summed E-state index contributed by atoms with van der Waals surface area (Å²) in [5, 5.41) is 2.90. The quantitative estimate of drug-likeness (QED) is 0.789. The summed E-state index contributed by atoms with van der Waals surface area (Å²) in [6.45, 7) is 7.51. The van der Waals surface area contributed by atoms with E-state index in [9.17, 15) is 13.2 Å². The zero-order valence-electron chi connectivity index (χ0n) is 16.6. The summed E-state index contributed by atoms with van der Waals surface area (Å²) in [6.07, 6.45) is 2.08. The number of carbonyl (C=O) groups is 1. The predicted molar refractivity (Wildman–Crippen MR) is 110 cm³/mol. The number of sulfonamides is 1. The van der Waals surface area contributed by atoms with E-state index in [1.165, 1.54) is 5.56 Å². The lowest BCUT2D eigenvalue weighted by Gasteiger charge is -2.25. The first-order valence-electron chi connectivity index (χ1n) is 9.05. The van der Waals surface area contributed by atoms with Crippen LogP contribution in [0.5, 0.6) is 0 Å². The van der Waals surface area contributed by atoms with Crippen molar-refractivity contribution in [3.63, 3.8) is 0 Å². The van der Waals surface area contributed by atoms with Crippen LogP contribution in [-0.4, -0.2) is 27.1 Å².